The Morgan fingerprint density at radius 2 is 2.05 bits per heavy atom. The second-order valence-electron chi connectivity index (χ2n) is 4.56. The van der Waals surface area contributed by atoms with E-state index in [1.165, 1.54) is 0 Å². The third kappa shape index (κ3) is 3.29. The third-order valence-corrected chi connectivity index (χ3v) is 3.78. The summed E-state index contributed by atoms with van der Waals surface area (Å²) in [5, 5.41) is 11.8. The lowest BCUT2D eigenvalue weighted by atomic mass is 10.2. The summed E-state index contributed by atoms with van der Waals surface area (Å²) in [6.45, 7) is 4.68. The Balaban J connectivity index is 1.98. The second-order valence-corrected chi connectivity index (χ2v) is 5.38. The number of para-hydroxylation sites is 1. The van der Waals surface area contributed by atoms with E-state index in [0.717, 1.165) is 22.6 Å². The molecule has 0 radical (unpaired) electrons. The van der Waals surface area contributed by atoms with Gasteiger partial charge in [-0.15, -0.1) is 0 Å². The summed E-state index contributed by atoms with van der Waals surface area (Å²) < 4.78 is 1.87. The maximum absolute atomic E-state index is 6.08. The summed E-state index contributed by atoms with van der Waals surface area (Å²) in [6.07, 6.45) is 0. The van der Waals surface area contributed by atoms with Crippen molar-refractivity contribution in [2.75, 3.05) is 5.32 Å². The Bertz CT molecular complexity index is 636. The minimum absolute atomic E-state index is 0.542. The normalized spacial score (nSPS) is 10.4. The molecule has 106 valence electrons. The number of anilines is 1. The lowest BCUT2D eigenvalue weighted by Gasteiger charge is -2.11. The maximum Gasteiger partial charge on any atom is 0.171 e. The Kier molecular flexibility index (Phi) is 4.62. The molecule has 0 fully saturated rings. The molecular weight excluding hydrogens is 292 g/mol. The van der Waals surface area contributed by atoms with Crippen molar-refractivity contribution in [3.8, 4) is 0 Å². The Morgan fingerprint density at radius 3 is 2.65 bits per heavy atom. The molecule has 0 amide bonds. The number of aryl methyl sites for hydroxylation is 2. The van der Waals surface area contributed by atoms with E-state index in [0.29, 0.717) is 16.7 Å². The Morgan fingerprint density at radius 1 is 1.35 bits per heavy atom. The van der Waals surface area contributed by atoms with Gasteiger partial charge in [-0.25, -0.2) is 0 Å². The van der Waals surface area contributed by atoms with E-state index >= 15 is 0 Å². The van der Waals surface area contributed by atoms with Gasteiger partial charge in [-0.3, -0.25) is 4.68 Å². The Hall–Kier alpha value is -1.59. The summed E-state index contributed by atoms with van der Waals surface area (Å²) in [5.74, 6) is 0. The van der Waals surface area contributed by atoms with Gasteiger partial charge in [0.25, 0.3) is 0 Å². The number of thiocarbonyl (C=S) groups is 1. The molecule has 20 heavy (non-hydrogen) atoms. The van der Waals surface area contributed by atoms with Crippen LogP contribution in [0, 0.1) is 13.8 Å². The largest absolute Gasteiger partial charge is 0.358 e. The quantitative estimate of drug-likeness (QED) is 0.855. The highest BCUT2D eigenvalue weighted by atomic mass is 35.5. The van der Waals surface area contributed by atoms with E-state index in [4.69, 9.17) is 23.8 Å². The first-order chi connectivity index (χ1) is 9.49. The van der Waals surface area contributed by atoms with Crippen molar-refractivity contribution in [1.29, 1.82) is 0 Å². The number of nitrogens with zero attached hydrogens (tertiary/aromatic N) is 2. The maximum atomic E-state index is 6.08. The molecule has 2 N–H and O–H groups in total. The van der Waals surface area contributed by atoms with Crippen LogP contribution in [-0.4, -0.2) is 14.9 Å². The van der Waals surface area contributed by atoms with Gasteiger partial charge in [-0.2, -0.15) is 5.10 Å². The van der Waals surface area contributed by atoms with Crippen LogP contribution in [0.3, 0.4) is 0 Å². The fraction of sp³-hybridized carbons (Fsp3) is 0.286. The number of nitrogens with one attached hydrogen (secondary N) is 2. The molecule has 0 spiro atoms. The van der Waals surface area contributed by atoms with E-state index in [-0.39, 0.29) is 0 Å². The summed E-state index contributed by atoms with van der Waals surface area (Å²) in [4.78, 5) is 0. The van der Waals surface area contributed by atoms with Crippen LogP contribution in [0.5, 0.6) is 0 Å². The van der Waals surface area contributed by atoms with Gasteiger partial charge in [0, 0.05) is 24.8 Å². The molecule has 1 heterocycles. The van der Waals surface area contributed by atoms with Gasteiger partial charge >= 0.3 is 0 Å². The van der Waals surface area contributed by atoms with E-state index in [1.54, 1.807) is 0 Å². The topological polar surface area (TPSA) is 41.9 Å². The van der Waals surface area contributed by atoms with E-state index in [9.17, 15) is 0 Å². The minimum atomic E-state index is 0.542. The van der Waals surface area contributed by atoms with Crippen LogP contribution in [0.25, 0.3) is 0 Å². The zero-order valence-corrected chi connectivity index (χ0v) is 13.3. The zero-order valence-electron chi connectivity index (χ0n) is 11.7. The average Bonchev–Trinajstić information content (AvgIpc) is 2.64. The average molecular weight is 309 g/mol. The number of halogens is 1. The SMILES string of the molecule is Cc1nn(C)c(C)c1CNC(=S)Nc1ccccc1Cl. The van der Waals surface area contributed by atoms with Crippen molar-refractivity contribution >= 4 is 34.6 Å². The van der Waals surface area contributed by atoms with Crippen molar-refractivity contribution in [2.24, 2.45) is 7.05 Å². The minimum Gasteiger partial charge on any atom is -0.358 e. The molecule has 0 saturated heterocycles. The number of benzene rings is 1. The van der Waals surface area contributed by atoms with Crippen LogP contribution in [-0.2, 0) is 13.6 Å². The van der Waals surface area contributed by atoms with Crippen LogP contribution in [0.2, 0.25) is 5.02 Å². The molecule has 0 bridgehead atoms. The molecule has 0 unspecified atom stereocenters. The van der Waals surface area contributed by atoms with Gasteiger partial charge in [0.2, 0.25) is 0 Å². The van der Waals surface area contributed by atoms with Crippen LogP contribution in [0.1, 0.15) is 17.0 Å². The highest BCUT2D eigenvalue weighted by Gasteiger charge is 2.09. The van der Waals surface area contributed by atoms with Crippen molar-refractivity contribution < 1.29 is 0 Å². The van der Waals surface area contributed by atoms with Crippen LogP contribution in [0.4, 0.5) is 5.69 Å². The zero-order chi connectivity index (χ0) is 14.7. The van der Waals surface area contributed by atoms with Crippen LogP contribution >= 0.6 is 23.8 Å². The fourth-order valence-corrected chi connectivity index (χ4v) is 2.34. The highest BCUT2D eigenvalue weighted by Crippen LogP contribution is 2.20. The van der Waals surface area contributed by atoms with Crippen LogP contribution < -0.4 is 10.6 Å². The first kappa shape index (κ1) is 14.8. The molecule has 0 aliphatic rings. The summed E-state index contributed by atoms with van der Waals surface area (Å²) >= 11 is 11.4. The van der Waals surface area contributed by atoms with Crippen molar-refractivity contribution in [3.63, 3.8) is 0 Å². The van der Waals surface area contributed by atoms with Gasteiger partial charge in [0.15, 0.2) is 5.11 Å². The molecule has 0 aliphatic heterocycles. The standard InChI is InChI=1S/C14H17ClN4S/c1-9-11(10(2)19(3)18-9)8-16-14(20)17-13-7-5-4-6-12(13)15/h4-7H,8H2,1-3H3,(H2,16,17,20). The molecule has 0 saturated carbocycles. The number of hydrogen-bond donors (Lipinski definition) is 2. The van der Waals surface area contributed by atoms with E-state index in [1.807, 2.05) is 49.8 Å². The number of hydrogen-bond acceptors (Lipinski definition) is 2. The lowest BCUT2D eigenvalue weighted by molar-refractivity contribution is 0.729. The fourth-order valence-electron chi connectivity index (χ4n) is 1.97. The molecule has 0 aliphatic carbocycles. The smallest absolute Gasteiger partial charge is 0.171 e. The van der Waals surface area contributed by atoms with Crippen molar-refractivity contribution in [2.45, 2.75) is 20.4 Å². The molecular formula is C14H17ClN4S. The first-order valence-electron chi connectivity index (χ1n) is 6.27. The summed E-state index contributed by atoms with van der Waals surface area (Å²) in [7, 11) is 1.94. The first-order valence-corrected chi connectivity index (χ1v) is 7.06. The monoisotopic (exact) mass is 308 g/mol. The van der Waals surface area contributed by atoms with Crippen molar-refractivity contribution in [1.82, 2.24) is 15.1 Å². The predicted molar refractivity (Wildman–Crippen MR) is 87.2 cm³/mol. The molecule has 1 aromatic heterocycles. The van der Waals surface area contributed by atoms with Gasteiger partial charge in [0.05, 0.1) is 16.4 Å². The molecule has 4 nitrogen and oxygen atoms in total. The second kappa shape index (κ2) is 6.24. The number of rotatable bonds is 3. The molecule has 1 aromatic carbocycles. The summed E-state index contributed by atoms with van der Waals surface area (Å²) in [5.41, 5.74) is 4.11. The van der Waals surface area contributed by atoms with Gasteiger partial charge < -0.3 is 10.6 Å². The van der Waals surface area contributed by atoms with E-state index < -0.39 is 0 Å². The number of aromatic nitrogens is 2. The molecule has 2 aromatic rings. The molecule has 2 rings (SSSR count). The highest BCUT2D eigenvalue weighted by molar-refractivity contribution is 7.80. The summed E-state index contributed by atoms with van der Waals surface area (Å²) in [6, 6.07) is 7.50. The third-order valence-electron chi connectivity index (χ3n) is 3.21. The van der Waals surface area contributed by atoms with Gasteiger partial charge in [0.1, 0.15) is 0 Å². The van der Waals surface area contributed by atoms with Crippen molar-refractivity contribution in [3.05, 3.63) is 46.2 Å². The molecule has 0 atom stereocenters. The van der Waals surface area contributed by atoms with Crippen LogP contribution in [0.15, 0.2) is 24.3 Å². The van der Waals surface area contributed by atoms with Gasteiger partial charge in [-0.05, 0) is 38.2 Å². The van der Waals surface area contributed by atoms with Gasteiger partial charge in [-0.1, -0.05) is 23.7 Å². The molecule has 6 heteroatoms. The Labute approximate surface area is 129 Å². The predicted octanol–water partition coefficient (Wildman–Crippen LogP) is 3.18. The van der Waals surface area contributed by atoms with E-state index in [2.05, 4.69) is 15.7 Å². The lowest BCUT2D eigenvalue weighted by Crippen LogP contribution is -2.28.